The van der Waals surface area contributed by atoms with Crippen molar-refractivity contribution in [2.75, 3.05) is 31.1 Å². The van der Waals surface area contributed by atoms with E-state index in [9.17, 15) is 14.0 Å². The first-order valence-electron chi connectivity index (χ1n) is 9.75. The van der Waals surface area contributed by atoms with Crippen molar-refractivity contribution in [1.82, 2.24) is 14.9 Å². The average Bonchev–Trinajstić information content (AvgIpc) is 3.22. The molecule has 30 heavy (non-hydrogen) atoms. The molecule has 8 heteroatoms. The summed E-state index contributed by atoms with van der Waals surface area (Å²) in [5, 5.41) is 3.90. The van der Waals surface area contributed by atoms with Crippen LogP contribution in [-0.4, -0.2) is 47.0 Å². The predicted octanol–water partition coefficient (Wildman–Crippen LogP) is 3.17. The quantitative estimate of drug-likeness (QED) is 0.551. The fourth-order valence-electron chi connectivity index (χ4n) is 4.03. The number of H-pyrrole nitrogens is 1. The molecule has 1 amide bonds. The molecule has 1 aliphatic rings. The Morgan fingerprint density at radius 1 is 1.10 bits per heavy atom. The average molecular weight is 422 g/mol. The standard InChI is InChI=1S/C22H19FN4O2S/c23-15-1-2-16-14(11-20(28)25-18(16)13-15)12-21(29)26-6-8-27(9-7-26)22-17-4-10-30-19(17)3-5-24-22/h1-5,10-11,13H,6-9,12H2,(H,25,28). The number of aromatic amines is 1. The lowest BCUT2D eigenvalue weighted by Crippen LogP contribution is -2.49. The summed E-state index contributed by atoms with van der Waals surface area (Å²) in [7, 11) is 0. The predicted molar refractivity (Wildman–Crippen MR) is 117 cm³/mol. The summed E-state index contributed by atoms with van der Waals surface area (Å²) < 4.78 is 14.7. The number of hydrogen-bond donors (Lipinski definition) is 1. The van der Waals surface area contributed by atoms with Gasteiger partial charge >= 0.3 is 0 Å². The molecule has 1 N–H and O–H groups in total. The highest BCUT2D eigenvalue weighted by Crippen LogP contribution is 2.29. The van der Waals surface area contributed by atoms with Crippen LogP contribution in [0.25, 0.3) is 21.0 Å². The number of carbonyl (C=O) groups is 1. The van der Waals surface area contributed by atoms with Crippen molar-refractivity contribution in [3.8, 4) is 0 Å². The highest BCUT2D eigenvalue weighted by molar-refractivity contribution is 7.17. The van der Waals surface area contributed by atoms with Crippen LogP contribution in [0.3, 0.4) is 0 Å². The SMILES string of the molecule is O=C(Cc1cc(=O)[nH]c2cc(F)ccc12)N1CCN(c2nccc3sccc23)CC1. The zero-order valence-electron chi connectivity index (χ0n) is 16.1. The van der Waals surface area contributed by atoms with Crippen molar-refractivity contribution in [2.45, 2.75) is 6.42 Å². The Morgan fingerprint density at radius 3 is 2.77 bits per heavy atom. The molecular formula is C22H19FN4O2S. The molecule has 4 heterocycles. The maximum absolute atomic E-state index is 13.5. The number of nitrogens with one attached hydrogen (secondary N) is 1. The third kappa shape index (κ3) is 3.43. The van der Waals surface area contributed by atoms with E-state index in [0.717, 1.165) is 11.2 Å². The van der Waals surface area contributed by atoms with Gasteiger partial charge in [0.05, 0.1) is 11.9 Å². The third-order valence-electron chi connectivity index (χ3n) is 5.52. The number of carbonyl (C=O) groups excluding carboxylic acids is 1. The van der Waals surface area contributed by atoms with Crippen molar-refractivity contribution in [1.29, 1.82) is 0 Å². The van der Waals surface area contributed by atoms with E-state index in [1.807, 2.05) is 17.2 Å². The van der Waals surface area contributed by atoms with E-state index in [4.69, 9.17) is 0 Å². The van der Waals surface area contributed by atoms with Crippen molar-refractivity contribution < 1.29 is 9.18 Å². The van der Waals surface area contributed by atoms with Crippen LogP contribution in [0.5, 0.6) is 0 Å². The van der Waals surface area contributed by atoms with Gasteiger partial charge in [0, 0.05) is 53.9 Å². The number of anilines is 1. The fraction of sp³-hybridized carbons (Fsp3) is 0.227. The Morgan fingerprint density at radius 2 is 1.93 bits per heavy atom. The van der Waals surface area contributed by atoms with Crippen molar-refractivity contribution in [2.24, 2.45) is 0 Å². The van der Waals surface area contributed by atoms with Gasteiger partial charge in [0.25, 0.3) is 0 Å². The monoisotopic (exact) mass is 422 g/mol. The van der Waals surface area contributed by atoms with Gasteiger partial charge in [-0.25, -0.2) is 9.37 Å². The zero-order chi connectivity index (χ0) is 20.7. The van der Waals surface area contributed by atoms with Gasteiger partial charge in [0.2, 0.25) is 11.5 Å². The van der Waals surface area contributed by atoms with Crippen molar-refractivity contribution >= 4 is 44.1 Å². The lowest BCUT2D eigenvalue weighted by atomic mass is 10.1. The molecule has 0 atom stereocenters. The zero-order valence-corrected chi connectivity index (χ0v) is 16.9. The normalized spacial score (nSPS) is 14.6. The van der Waals surface area contributed by atoms with Crippen LogP contribution >= 0.6 is 11.3 Å². The lowest BCUT2D eigenvalue weighted by molar-refractivity contribution is -0.130. The Hall–Kier alpha value is -3.26. The van der Waals surface area contributed by atoms with Crippen LogP contribution in [-0.2, 0) is 11.2 Å². The highest BCUT2D eigenvalue weighted by Gasteiger charge is 2.23. The molecule has 0 bridgehead atoms. The number of nitrogens with zero attached hydrogens (tertiary/aromatic N) is 3. The van der Waals surface area contributed by atoms with Crippen molar-refractivity contribution in [3.63, 3.8) is 0 Å². The van der Waals surface area contributed by atoms with Gasteiger partial charge in [0.1, 0.15) is 11.6 Å². The van der Waals surface area contributed by atoms with Gasteiger partial charge in [-0.15, -0.1) is 11.3 Å². The number of thiophene rings is 1. The molecule has 0 saturated carbocycles. The van der Waals surface area contributed by atoms with E-state index in [1.54, 1.807) is 17.4 Å². The van der Waals surface area contributed by atoms with Crippen LogP contribution in [0.15, 0.2) is 52.8 Å². The van der Waals surface area contributed by atoms with Crippen LogP contribution < -0.4 is 10.5 Å². The third-order valence-corrected chi connectivity index (χ3v) is 6.41. The van der Waals surface area contributed by atoms with Crippen LogP contribution in [0, 0.1) is 5.82 Å². The second-order valence-corrected chi connectivity index (χ2v) is 8.31. The number of rotatable bonds is 3. The van der Waals surface area contributed by atoms with E-state index in [0.29, 0.717) is 42.6 Å². The largest absolute Gasteiger partial charge is 0.353 e. The Labute approximate surface area is 175 Å². The summed E-state index contributed by atoms with van der Waals surface area (Å²) in [6.45, 7) is 2.59. The summed E-state index contributed by atoms with van der Waals surface area (Å²) in [6.07, 6.45) is 1.94. The highest BCUT2D eigenvalue weighted by atomic mass is 32.1. The number of aromatic nitrogens is 2. The molecule has 152 valence electrons. The number of amides is 1. The minimum absolute atomic E-state index is 0.0347. The van der Waals surface area contributed by atoms with E-state index in [1.165, 1.54) is 22.9 Å². The van der Waals surface area contributed by atoms with Gasteiger partial charge in [0.15, 0.2) is 0 Å². The van der Waals surface area contributed by atoms with Gasteiger partial charge in [-0.3, -0.25) is 9.59 Å². The molecule has 0 spiro atoms. The smallest absolute Gasteiger partial charge is 0.248 e. The maximum Gasteiger partial charge on any atom is 0.248 e. The van der Waals surface area contributed by atoms with E-state index >= 15 is 0 Å². The number of halogens is 1. The summed E-state index contributed by atoms with van der Waals surface area (Å²) in [4.78, 5) is 36.1. The number of pyridine rings is 2. The Kier molecular flexibility index (Phi) is 4.71. The molecule has 1 aliphatic heterocycles. The second-order valence-electron chi connectivity index (χ2n) is 7.36. The molecule has 1 aromatic carbocycles. The molecule has 6 nitrogen and oxygen atoms in total. The summed E-state index contributed by atoms with van der Waals surface area (Å²) in [5.41, 5.74) is 0.687. The van der Waals surface area contributed by atoms with Crippen LogP contribution in [0.1, 0.15) is 5.56 Å². The van der Waals surface area contributed by atoms with Crippen LogP contribution in [0.2, 0.25) is 0 Å². The molecule has 3 aromatic heterocycles. The fourth-order valence-corrected chi connectivity index (χ4v) is 4.80. The minimum atomic E-state index is -0.424. The second kappa shape index (κ2) is 7.53. The van der Waals surface area contributed by atoms with E-state index in [-0.39, 0.29) is 17.9 Å². The molecule has 5 rings (SSSR count). The molecule has 0 radical (unpaired) electrons. The maximum atomic E-state index is 13.5. The number of benzene rings is 1. The Balaban J connectivity index is 1.31. The molecule has 4 aromatic rings. The number of fused-ring (bicyclic) bond motifs is 2. The first-order chi connectivity index (χ1) is 14.6. The summed E-state index contributed by atoms with van der Waals surface area (Å²) in [6, 6.07) is 9.75. The summed E-state index contributed by atoms with van der Waals surface area (Å²) >= 11 is 1.69. The molecule has 1 saturated heterocycles. The van der Waals surface area contributed by atoms with E-state index in [2.05, 4.69) is 26.3 Å². The minimum Gasteiger partial charge on any atom is -0.353 e. The first kappa shape index (κ1) is 18.7. The van der Waals surface area contributed by atoms with Gasteiger partial charge in [-0.05, 0) is 41.3 Å². The van der Waals surface area contributed by atoms with Gasteiger partial charge in [-0.2, -0.15) is 0 Å². The number of piperazine rings is 1. The topological polar surface area (TPSA) is 69.3 Å². The molecule has 1 fully saturated rings. The van der Waals surface area contributed by atoms with Gasteiger partial charge < -0.3 is 14.8 Å². The Bertz CT molecular complexity index is 1310. The van der Waals surface area contributed by atoms with E-state index < -0.39 is 5.82 Å². The lowest BCUT2D eigenvalue weighted by Gasteiger charge is -2.35. The molecule has 0 aliphatic carbocycles. The van der Waals surface area contributed by atoms with Crippen LogP contribution in [0.4, 0.5) is 10.2 Å². The first-order valence-corrected chi connectivity index (χ1v) is 10.6. The number of hydrogen-bond acceptors (Lipinski definition) is 5. The molecule has 0 unspecified atom stereocenters. The van der Waals surface area contributed by atoms with Gasteiger partial charge in [-0.1, -0.05) is 0 Å². The summed E-state index contributed by atoms with van der Waals surface area (Å²) in [5.74, 6) is 0.503. The van der Waals surface area contributed by atoms with Crippen molar-refractivity contribution in [3.05, 3.63) is 69.7 Å². The molecular weight excluding hydrogens is 403 g/mol.